The first kappa shape index (κ1) is 18.3. The van der Waals surface area contributed by atoms with Crippen LogP contribution < -0.4 is 5.32 Å². The van der Waals surface area contributed by atoms with Crippen molar-refractivity contribution in [3.63, 3.8) is 0 Å². The predicted molar refractivity (Wildman–Crippen MR) is 100 cm³/mol. The van der Waals surface area contributed by atoms with Crippen LogP contribution in [-0.4, -0.2) is 47.9 Å². The molecule has 1 fully saturated rings. The van der Waals surface area contributed by atoms with Crippen LogP contribution in [0.15, 0.2) is 41.0 Å². The van der Waals surface area contributed by atoms with Gasteiger partial charge in [0.15, 0.2) is 0 Å². The van der Waals surface area contributed by atoms with E-state index in [1.165, 1.54) is 0 Å². The number of piperazine rings is 1. The molecule has 0 bridgehead atoms. The molecule has 1 aromatic heterocycles. The molecule has 2 heterocycles. The first-order chi connectivity index (χ1) is 12.0. The Bertz CT molecular complexity index is 713. The van der Waals surface area contributed by atoms with Crippen LogP contribution in [0.25, 0.3) is 0 Å². The molecule has 0 spiro atoms. The molecule has 7 heteroatoms. The highest BCUT2D eigenvalue weighted by Gasteiger charge is 2.26. The summed E-state index contributed by atoms with van der Waals surface area (Å²) in [4.78, 5) is 17.0. The molecule has 1 aromatic carbocycles. The van der Waals surface area contributed by atoms with E-state index in [9.17, 15) is 4.79 Å². The summed E-state index contributed by atoms with van der Waals surface area (Å²) in [7, 11) is 0. The molecule has 1 aliphatic rings. The number of anilines is 1. The van der Waals surface area contributed by atoms with E-state index in [-0.39, 0.29) is 11.9 Å². The Balaban J connectivity index is 1.52. The number of carbonyl (C=O) groups is 1. The number of amides is 1. The fraction of sp³-hybridized carbons (Fsp3) is 0.389. The highest BCUT2D eigenvalue weighted by Crippen LogP contribution is 2.25. The van der Waals surface area contributed by atoms with E-state index in [0.29, 0.717) is 15.7 Å². The van der Waals surface area contributed by atoms with Gasteiger partial charge in [0.2, 0.25) is 5.91 Å². The smallest absolute Gasteiger partial charge is 0.241 e. The van der Waals surface area contributed by atoms with Crippen LogP contribution in [0.2, 0.25) is 10.0 Å². The van der Waals surface area contributed by atoms with E-state index in [4.69, 9.17) is 27.6 Å². The molecule has 1 atom stereocenters. The number of carbonyl (C=O) groups excluding carboxylic acids is 1. The molecule has 0 unspecified atom stereocenters. The quantitative estimate of drug-likeness (QED) is 0.856. The molecule has 5 nitrogen and oxygen atoms in total. The van der Waals surface area contributed by atoms with E-state index in [2.05, 4.69) is 15.1 Å². The Kier molecular flexibility index (Phi) is 6.02. The van der Waals surface area contributed by atoms with Gasteiger partial charge in [-0.25, -0.2) is 0 Å². The second-order valence-electron chi connectivity index (χ2n) is 6.18. The van der Waals surface area contributed by atoms with E-state index in [1.807, 2.05) is 19.1 Å². The molecule has 0 aliphatic carbocycles. The summed E-state index contributed by atoms with van der Waals surface area (Å²) in [5.41, 5.74) is 0.544. The molecule has 3 rings (SSSR count). The van der Waals surface area contributed by atoms with E-state index in [1.54, 1.807) is 24.5 Å². The zero-order valence-electron chi connectivity index (χ0n) is 14.0. The second-order valence-corrected chi connectivity index (χ2v) is 7.02. The van der Waals surface area contributed by atoms with Crippen LogP contribution in [-0.2, 0) is 11.3 Å². The third kappa shape index (κ3) is 4.76. The van der Waals surface area contributed by atoms with E-state index < -0.39 is 0 Å². The molecule has 1 aliphatic heterocycles. The minimum atomic E-state index is -0.235. The van der Waals surface area contributed by atoms with Gasteiger partial charge in [0.05, 0.1) is 29.6 Å². The molecule has 1 N–H and O–H groups in total. The lowest BCUT2D eigenvalue weighted by atomic mass is 10.2. The molecule has 2 aromatic rings. The monoisotopic (exact) mass is 381 g/mol. The van der Waals surface area contributed by atoms with Crippen molar-refractivity contribution in [2.45, 2.75) is 19.5 Å². The maximum atomic E-state index is 12.5. The number of nitrogens with one attached hydrogen (secondary N) is 1. The lowest BCUT2D eigenvalue weighted by Gasteiger charge is -2.37. The number of hydrogen-bond acceptors (Lipinski definition) is 4. The van der Waals surface area contributed by atoms with Crippen molar-refractivity contribution in [2.24, 2.45) is 0 Å². The second kappa shape index (κ2) is 8.23. The number of nitrogens with zero attached hydrogens (tertiary/aromatic N) is 2. The van der Waals surface area contributed by atoms with E-state index in [0.717, 1.165) is 38.5 Å². The zero-order chi connectivity index (χ0) is 17.8. The summed E-state index contributed by atoms with van der Waals surface area (Å²) in [5.74, 6) is 0.887. The first-order valence-electron chi connectivity index (χ1n) is 8.27. The summed E-state index contributed by atoms with van der Waals surface area (Å²) in [5, 5.41) is 3.89. The Labute approximate surface area is 157 Å². The Morgan fingerprint density at radius 2 is 2.00 bits per heavy atom. The highest BCUT2D eigenvalue weighted by molar-refractivity contribution is 6.35. The van der Waals surface area contributed by atoms with Crippen molar-refractivity contribution >= 4 is 34.8 Å². The summed E-state index contributed by atoms with van der Waals surface area (Å²) in [6.07, 6.45) is 1.69. The predicted octanol–water partition coefficient (Wildman–Crippen LogP) is 3.73. The summed E-state index contributed by atoms with van der Waals surface area (Å²) in [6, 6.07) is 8.69. The fourth-order valence-electron chi connectivity index (χ4n) is 2.93. The van der Waals surface area contributed by atoms with E-state index >= 15 is 0 Å². The molecule has 134 valence electrons. The van der Waals surface area contributed by atoms with Crippen LogP contribution in [0.3, 0.4) is 0 Å². The van der Waals surface area contributed by atoms with Gasteiger partial charge in [-0.3, -0.25) is 14.6 Å². The molecular weight excluding hydrogens is 361 g/mol. The SMILES string of the molecule is C[C@H](C(=O)Nc1cc(Cl)ccc1Cl)N1CCN(Cc2ccco2)CC1. The molecule has 1 amide bonds. The number of rotatable bonds is 5. The van der Waals surface area contributed by atoms with Gasteiger partial charge in [-0.1, -0.05) is 23.2 Å². The summed E-state index contributed by atoms with van der Waals surface area (Å²) in [6.45, 7) is 6.18. The van der Waals surface area contributed by atoms with Gasteiger partial charge in [-0.15, -0.1) is 0 Å². The average molecular weight is 382 g/mol. The van der Waals surface area contributed by atoms with Crippen LogP contribution in [0, 0.1) is 0 Å². The highest BCUT2D eigenvalue weighted by atomic mass is 35.5. The van der Waals surface area contributed by atoms with Crippen LogP contribution >= 0.6 is 23.2 Å². The average Bonchev–Trinajstić information content (AvgIpc) is 3.11. The number of halogens is 2. The van der Waals surface area contributed by atoms with Crippen molar-refractivity contribution in [2.75, 3.05) is 31.5 Å². The van der Waals surface area contributed by atoms with Crippen molar-refractivity contribution in [3.8, 4) is 0 Å². The topological polar surface area (TPSA) is 48.7 Å². The minimum absolute atomic E-state index is 0.0800. The zero-order valence-corrected chi connectivity index (χ0v) is 15.6. The molecule has 1 saturated heterocycles. The van der Waals surface area contributed by atoms with Gasteiger partial charge in [0, 0.05) is 31.2 Å². The summed E-state index contributed by atoms with van der Waals surface area (Å²) >= 11 is 12.1. The Morgan fingerprint density at radius 3 is 2.68 bits per heavy atom. The van der Waals surface area contributed by atoms with Crippen LogP contribution in [0.1, 0.15) is 12.7 Å². The lowest BCUT2D eigenvalue weighted by molar-refractivity contribution is -0.121. The van der Waals surface area contributed by atoms with Gasteiger partial charge in [0.1, 0.15) is 5.76 Å². The molecule has 0 radical (unpaired) electrons. The third-order valence-corrected chi connectivity index (χ3v) is 5.04. The van der Waals surface area contributed by atoms with Crippen LogP contribution in [0.5, 0.6) is 0 Å². The van der Waals surface area contributed by atoms with Gasteiger partial charge in [0.25, 0.3) is 0 Å². The normalized spacial score (nSPS) is 17.4. The van der Waals surface area contributed by atoms with Gasteiger partial charge < -0.3 is 9.73 Å². The minimum Gasteiger partial charge on any atom is -0.468 e. The molecule has 0 saturated carbocycles. The first-order valence-corrected chi connectivity index (χ1v) is 9.03. The maximum absolute atomic E-state index is 12.5. The molecular formula is C18H21Cl2N3O2. The Morgan fingerprint density at radius 1 is 1.24 bits per heavy atom. The fourth-order valence-corrected chi connectivity index (χ4v) is 3.26. The third-order valence-electron chi connectivity index (χ3n) is 4.48. The van der Waals surface area contributed by atoms with Gasteiger partial charge >= 0.3 is 0 Å². The summed E-state index contributed by atoms with van der Waals surface area (Å²) < 4.78 is 5.39. The lowest BCUT2D eigenvalue weighted by Crippen LogP contribution is -2.52. The maximum Gasteiger partial charge on any atom is 0.241 e. The number of hydrogen-bond donors (Lipinski definition) is 1. The van der Waals surface area contributed by atoms with Crippen molar-refractivity contribution in [1.82, 2.24) is 9.80 Å². The number of benzene rings is 1. The van der Waals surface area contributed by atoms with Gasteiger partial charge in [-0.05, 0) is 37.3 Å². The van der Waals surface area contributed by atoms with Gasteiger partial charge in [-0.2, -0.15) is 0 Å². The van der Waals surface area contributed by atoms with Crippen LogP contribution in [0.4, 0.5) is 5.69 Å². The Hall–Kier alpha value is -1.53. The molecule has 25 heavy (non-hydrogen) atoms. The van der Waals surface area contributed by atoms with Crippen molar-refractivity contribution in [1.29, 1.82) is 0 Å². The standard InChI is InChI=1S/C18H21Cl2N3O2/c1-13(18(24)21-17-11-14(19)4-5-16(17)20)23-8-6-22(7-9-23)12-15-3-2-10-25-15/h2-5,10-11,13H,6-9,12H2,1H3,(H,21,24)/t13-/m1/s1. The largest absolute Gasteiger partial charge is 0.468 e. The van der Waals surface area contributed by atoms with Crippen molar-refractivity contribution in [3.05, 3.63) is 52.4 Å². The van der Waals surface area contributed by atoms with Crippen molar-refractivity contribution < 1.29 is 9.21 Å². The number of furan rings is 1.